The Bertz CT molecular complexity index is 540. The zero-order valence-corrected chi connectivity index (χ0v) is 10.7. The van der Waals surface area contributed by atoms with Crippen molar-refractivity contribution in [3.8, 4) is 11.8 Å². The number of rotatable bonds is 5. The number of thiophene rings is 1. The maximum absolute atomic E-state index is 9.16. The van der Waals surface area contributed by atoms with Gasteiger partial charge >= 0.3 is 0 Å². The predicted molar refractivity (Wildman–Crippen MR) is 72.6 cm³/mol. The first-order valence-electron chi connectivity index (χ1n) is 5.74. The van der Waals surface area contributed by atoms with Gasteiger partial charge in [-0.3, -0.25) is 0 Å². The van der Waals surface area contributed by atoms with Gasteiger partial charge in [0.25, 0.3) is 0 Å². The van der Waals surface area contributed by atoms with Crippen molar-refractivity contribution in [2.75, 3.05) is 6.54 Å². The quantitative estimate of drug-likeness (QED) is 0.811. The zero-order valence-electron chi connectivity index (χ0n) is 9.89. The fourth-order valence-electron chi connectivity index (χ4n) is 1.64. The van der Waals surface area contributed by atoms with Crippen molar-refractivity contribution >= 4 is 11.3 Å². The molecule has 1 aromatic heterocycles. The van der Waals surface area contributed by atoms with E-state index in [1.165, 1.54) is 10.4 Å². The van der Waals surface area contributed by atoms with Gasteiger partial charge in [0, 0.05) is 16.8 Å². The van der Waals surface area contributed by atoms with Crippen LogP contribution in [0.5, 0.6) is 5.75 Å². The lowest BCUT2D eigenvalue weighted by Gasteiger charge is -2.03. The van der Waals surface area contributed by atoms with E-state index < -0.39 is 0 Å². The molecule has 0 aliphatic heterocycles. The van der Waals surface area contributed by atoms with E-state index in [1.54, 1.807) is 23.5 Å². The molecule has 92 valence electrons. The molecule has 0 saturated heterocycles. The minimum absolute atomic E-state index is 0.300. The molecule has 2 rings (SSSR count). The molecular formula is C14H14N2OS. The highest BCUT2D eigenvalue weighted by Crippen LogP contribution is 2.13. The fraction of sp³-hybridized carbons (Fsp3) is 0.214. The van der Waals surface area contributed by atoms with Gasteiger partial charge in [-0.2, -0.15) is 5.26 Å². The Hall–Kier alpha value is -1.83. The average Bonchev–Trinajstić information content (AvgIpc) is 2.85. The summed E-state index contributed by atoms with van der Waals surface area (Å²) in [4.78, 5) is 1.18. The van der Waals surface area contributed by atoms with Gasteiger partial charge in [-0.15, -0.1) is 11.3 Å². The van der Waals surface area contributed by atoms with Crippen molar-refractivity contribution in [2.24, 2.45) is 0 Å². The van der Waals surface area contributed by atoms with E-state index in [4.69, 9.17) is 10.4 Å². The molecule has 1 heterocycles. The van der Waals surface area contributed by atoms with Crippen molar-refractivity contribution in [2.45, 2.75) is 13.0 Å². The van der Waals surface area contributed by atoms with Crippen LogP contribution in [0.25, 0.3) is 0 Å². The Balaban J connectivity index is 1.73. The number of phenolic OH excluding ortho intramolecular Hbond substituents is 1. The molecule has 0 fully saturated rings. The van der Waals surface area contributed by atoms with Crippen LogP contribution in [0.2, 0.25) is 0 Å². The van der Waals surface area contributed by atoms with E-state index >= 15 is 0 Å². The summed E-state index contributed by atoms with van der Waals surface area (Å²) in [5.41, 5.74) is 1.93. The lowest BCUT2D eigenvalue weighted by molar-refractivity contribution is 0.475. The van der Waals surface area contributed by atoms with Crippen molar-refractivity contribution in [1.29, 1.82) is 5.26 Å². The average molecular weight is 258 g/mol. The summed E-state index contributed by atoms with van der Waals surface area (Å²) in [5.74, 6) is 0.300. The molecular weight excluding hydrogens is 244 g/mol. The zero-order chi connectivity index (χ0) is 12.8. The summed E-state index contributed by atoms with van der Waals surface area (Å²) in [6.45, 7) is 1.68. The molecule has 1 aromatic carbocycles. The van der Waals surface area contributed by atoms with Gasteiger partial charge in [0.2, 0.25) is 0 Å². The first-order chi connectivity index (χ1) is 8.78. The van der Waals surface area contributed by atoms with Crippen LogP contribution in [0.4, 0.5) is 0 Å². The van der Waals surface area contributed by atoms with Crippen LogP contribution in [-0.2, 0) is 13.0 Å². The van der Waals surface area contributed by atoms with Gasteiger partial charge < -0.3 is 10.4 Å². The predicted octanol–water partition coefficient (Wildman–Crippen LogP) is 2.66. The number of nitrogens with one attached hydrogen (secondary N) is 1. The van der Waals surface area contributed by atoms with Crippen molar-refractivity contribution in [3.05, 3.63) is 51.7 Å². The number of phenols is 1. The van der Waals surface area contributed by atoms with Crippen molar-refractivity contribution < 1.29 is 5.11 Å². The monoisotopic (exact) mass is 258 g/mol. The Labute approximate surface area is 110 Å². The molecule has 2 aromatic rings. The molecule has 3 nitrogen and oxygen atoms in total. The topological polar surface area (TPSA) is 56.0 Å². The van der Waals surface area contributed by atoms with E-state index in [2.05, 4.69) is 11.4 Å². The molecule has 0 aliphatic carbocycles. The van der Waals surface area contributed by atoms with E-state index in [1.807, 2.05) is 23.6 Å². The van der Waals surface area contributed by atoms with Crippen LogP contribution in [0, 0.1) is 11.3 Å². The molecule has 0 amide bonds. The number of nitriles is 1. The van der Waals surface area contributed by atoms with E-state index in [0.29, 0.717) is 5.75 Å². The maximum atomic E-state index is 9.16. The van der Waals surface area contributed by atoms with Gasteiger partial charge in [0.05, 0.1) is 5.56 Å². The summed E-state index contributed by atoms with van der Waals surface area (Å²) in [7, 11) is 0. The second kappa shape index (κ2) is 6.20. The van der Waals surface area contributed by atoms with E-state index in [9.17, 15) is 0 Å². The van der Waals surface area contributed by atoms with Crippen LogP contribution < -0.4 is 5.32 Å². The normalized spacial score (nSPS) is 10.2. The Morgan fingerprint density at radius 2 is 2.06 bits per heavy atom. The SMILES string of the molecule is N#Cc1csc(CNCCc2ccc(O)cc2)c1. The van der Waals surface area contributed by atoms with Gasteiger partial charge in [0.1, 0.15) is 11.8 Å². The second-order valence-corrected chi connectivity index (χ2v) is 5.00. The Kier molecular flexibility index (Phi) is 4.35. The third kappa shape index (κ3) is 3.59. The highest BCUT2D eigenvalue weighted by Gasteiger charge is 1.99. The fourth-order valence-corrected chi connectivity index (χ4v) is 2.42. The number of aromatic hydroxyl groups is 1. The highest BCUT2D eigenvalue weighted by atomic mass is 32.1. The molecule has 0 spiro atoms. The van der Waals surface area contributed by atoms with E-state index in [0.717, 1.165) is 25.1 Å². The first kappa shape index (κ1) is 12.6. The third-order valence-corrected chi connectivity index (χ3v) is 3.55. The van der Waals surface area contributed by atoms with Gasteiger partial charge in [-0.25, -0.2) is 0 Å². The second-order valence-electron chi connectivity index (χ2n) is 4.01. The van der Waals surface area contributed by atoms with Gasteiger partial charge in [-0.05, 0) is 36.7 Å². The lowest BCUT2D eigenvalue weighted by atomic mass is 10.1. The summed E-state index contributed by atoms with van der Waals surface area (Å²) in [6.07, 6.45) is 0.927. The number of hydrogen-bond acceptors (Lipinski definition) is 4. The van der Waals surface area contributed by atoms with Crippen LogP contribution in [0.1, 0.15) is 16.0 Å². The molecule has 4 heteroatoms. The van der Waals surface area contributed by atoms with Gasteiger partial charge in [0.15, 0.2) is 0 Å². The summed E-state index contributed by atoms with van der Waals surface area (Å²) >= 11 is 1.60. The molecule has 0 aliphatic rings. The third-order valence-electron chi connectivity index (χ3n) is 2.61. The van der Waals surface area contributed by atoms with Crippen molar-refractivity contribution in [3.63, 3.8) is 0 Å². The first-order valence-corrected chi connectivity index (χ1v) is 6.62. The number of nitrogens with zero attached hydrogens (tertiary/aromatic N) is 1. The van der Waals surface area contributed by atoms with Crippen LogP contribution in [-0.4, -0.2) is 11.7 Å². The lowest BCUT2D eigenvalue weighted by Crippen LogP contribution is -2.15. The molecule has 0 atom stereocenters. The molecule has 0 bridgehead atoms. The maximum Gasteiger partial charge on any atom is 0.115 e. The van der Waals surface area contributed by atoms with Crippen molar-refractivity contribution in [1.82, 2.24) is 5.32 Å². The largest absolute Gasteiger partial charge is 0.508 e. The van der Waals surface area contributed by atoms with Gasteiger partial charge in [-0.1, -0.05) is 12.1 Å². The molecule has 18 heavy (non-hydrogen) atoms. The molecule has 0 radical (unpaired) electrons. The number of benzene rings is 1. The summed E-state index contributed by atoms with van der Waals surface area (Å²) < 4.78 is 0. The Morgan fingerprint density at radius 1 is 1.28 bits per heavy atom. The highest BCUT2D eigenvalue weighted by molar-refractivity contribution is 7.10. The van der Waals surface area contributed by atoms with Crippen LogP contribution in [0.3, 0.4) is 0 Å². The smallest absolute Gasteiger partial charge is 0.115 e. The minimum atomic E-state index is 0.300. The molecule has 0 unspecified atom stereocenters. The summed E-state index contributed by atoms with van der Waals surface area (Å²) in [5, 5.41) is 23.1. The van der Waals surface area contributed by atoms with Crippen LogP contribution in [0.15, 0.2) is 35.7 Å². The standard InChI is InChI=1S/C14H14N2OS/c15-8-12-7-14(18-10-12)9-16-6-5-11-1-3-13(17)4-2-11/h1-4,7,10,16-17H,5-6,9H2. The summed E-state index contributed by atoms with van der Waals surface area (Å²) in [6, 6.07) is 11.3. The van der Waals surface area contributed by atoms with E-state index in [-0.39, 0.29) is 0 Å². The van der Waals surface area contributed by atoms with Crippen LogP contribution >= 0.6 is 11.3 Å². The molecule has 0 saturated carbocycles. The molecule has 2 N–H and O–H groups in total. The number of hydrogen-bond donors (Lipinski definition) is 2. The minimum Gasteiger partial charge on any atom is -0.508 e. The Morgan fingerprint density at radius 3 is 2.72 bits per heavy atom.